The third kappa shape index (κ3) is 11.1. The average molecular weight is 743 g/mol. The Balaban J connectivity index is 0.000000654. The van der Waals surface area contributed by atoms with Crippen molar-refractivity contribution >= 4 is 50.5 Å². The fourth-order valence-corrected chi connectivity index (χ4v) is 8.52. The number of nitrogens with one attached hydrogen (secondary N) is 2. The fraction of sp³-hybridized carbons (Fsp3) is 0.447. The highest BCUT2D eigenvalue weighted by atomic mass is 32.1. The highest BCUT2D eigenvalue weighted by Crippen LogP contribution is 2.33. The molecule has 6 rings (SSSR count). The summed E-state index contributed by atoms with van der Waals surface area (Å²) >= 11 is 3.34. The highest BCUT2D eigenvalue weighted by molar-refractivity contribution is 7.20. The molecular weight excluding hydrogens is 698 g/mol. The zero-order valence-electron chi connectivity index (χ0n) is 28.7. The third-order valence-electron chi connectivity index (χ3n) is 9.50. The van der Waals surface area contributed by atoms with Gasteiger partial charge in [0.15, 0.2) is 0 Å². The van der Waals surface area contributed by atoms with Crippen LogP contribution in [0.5, 0.6) is 0 Å². The Hall–Kier alpha value is -3.78. The number of hydrogen-bond donors (Lipinski definition) is 3. The molecule has 3 heterocycles. The van der Waals surface area contributed by atoms with Gasteiger partial charge in [-0.15, -0.1) is 22.7 Å². The van der Waals surface area contributed by atoms with Gasteiger partial charge in [0.1, 0.15) is 5.54 Å². The van der Waals surface area contributed by atoms with Crippen molar-refractivity contribution in [1.82, 2.24) is 20.4 Å². The molecule has 13 heteroatoms. The summed E-state index contributed by atoms with van der Waals surface area (Å²) in [6.07, 6.45) is 0.910. The van der Waals surface area contributed by atoms with Crippen LogP contribution in [0.4, 0.5) is 13.2 Å². The number of rotatable bonds is 12. The van der Waals surface area contributed by atoms with Gasteiger partial charge in [0.2, 0.25) is 5.91 Å². The number of fused-ring (bicyclic) bond motifs is 1. The number of carbonyl (C=O) groups excluding carboxylic acids is 2. The van der Waals surface area contributed by atoms with Crippen molar-refractivity contribution in [3.05, 3.63) is 93.0 Å². The Bertz CT molecular complexity index is 1730. The smallest absolute Gasteiger partial charge is 0.475 e. The van der Waals surface area contributed by atoms with E-state index >= 15 is 0 Å². The van der Waals surface area contributed by atoms with Crippen LogP contribution in [-0.4, -0.2) is 83.2 Å². The molecule has 3 N–H and O–H groups in total. The molecule has 2 aromatic carbocycles. The second kappa shape index (κ2) is 17.6. The molecule has 2 aliphatic rings. The topological polar surface area (TPSA) is 102 Å². The van der Waals surface area contributed by atoms with Crippen molar-refractivity contribution in [2.24, 2.45) is 0 Å². The van der Waals surface area contributed by atoms with E-state index in [4.69, 9.17) is 9.90 Å². The van der Waals surface area contributed by atoms with Gasteiger partial charge in [-0.2, -0.15) is 13.2 Å². The lowest BCUT2D eigenvalue weighted by molar-refractivity contribution is -0.192. The van der Waals surface area contributed by atoms with Gasteiger partial charge in [-0.1, -0.05) is 61.4 Å². The molecular formula is C38H45F3N4O4S2. The van der Waals surface area contributed by atoms with Gasteiger partial charge in [0.25, 0.3) is 5.91 Å². The predicted octanol–water partition coefficient (Wildman–Crippen LogP) is 7.27. The molecule has 1 saturated heterocycles. The van der Waals surface area contributed by atoms with Crippen LogP contribution in [0.1, 0.15) is 64.2 Å². The lowest BCUT2D eigenvalue weighted by Gasteiger charge is -2.35. The van der Waals surface area contributed by atoms with Crippen LogP contribution in [0.2, 0.25) is 0 Å². The number of carboxylic acids is 1. The number of carbonyl (C=O) groups is 3. The SMILES string of the molecule is Cc1ccc2cc(C(=O)NC3(C(=O)N[C@@H](CCCN4CCN(Cc5cccs5)CC4)Cc4ccccc4)CCCC3)sc2c1.O=C(O)C(F)(F)F. The fourth-order valence-electron chi connectivity index (χ4n) is 6.72. The number of piperazine rings is 1. The van der Waals surface area contributed by atoms with Gasteiger partial charge in [-0.3, -0.25) is 14.5 Å². The van der Waals surface area contributed by atoms with Gasteiger partial charge in [0.05, 0.1) is 4.88 Å². The number of aliphatic carboxylic acids is 1. The summed E-state index contributed by atoms with van der Waals surface area (Å²) < 4.78 is 32.8. The number of amides is 2. The van der Waals surface area contributed by atoms with Crippen molar-refractivity contribution in [3.63, 3.8) is 0 Å². The molecule has 1 atom stereocenters. The van der Waals surface area contributed by atoms with Gasteiger partial charge >= 0.3 is 12.1 Å². The molecule has 0 spiro atoms. The molecule has 1 aliphatic heterocycles. The minimum absolute atomic E-state index is 0.0201. The molecule has 1 saturated carbocycles. The van der Waals surface area contributed by atoms with Crippen LogP contribution in [-0.2, 0) is 22.6 Å². The maximum atomic E-state index is 14.0. The van der Waals surface area contributed by atoms with E-state index in [0.717, 1.165) is 81.5 Å². The number of hydrogen-bond acceptors (Lipinski definition) is 7. The first-order chi connectivity index (χ1) is 24.4. The molecule has 4 aromatic rings. The lowest BCUT2D eigenvalue weighted by Crippen LogP contribution is -2.59. The van der Waals surface area contributed by atoms with E-state index in [1.165, 1.54) is 27.3 Å². The van der Waals surface area contributed by atoms with E-state index in [2.05, 4.69) is 87.3 Å². The van der Waals surface area contributed by atoms with Gasteiger partial charge in [-0.05, 0) is 85.7 Å². The molecule has 51 heavy (non-hydrogen) atoms. The second-order valence-corrected chi connectivity index (χ2v) is 15.5. The van der Waals surface area contributed by atoms with Crippen LogP contribution < -0.4 is 10.6 Å². The molecule has 2 aromatic heterocycles. The Morgan fingerprint density at radius 2 is 1.63 bits per heavy atom. The van der Waals surface area contributed by atoms with Gasteiger partial charge in [-0.25, -0.2) is 4.79 Å². The molecule has 8 nitrogen and oxygen atoms in total. The summed E-state index contributed by atoms with van der Waals surface area (Å²) in [4.78, 5) is 43.7. The van der Waals surface area contributed by atoms with E-state index in [9.17, 15) is 22.8 Å². The molecule has 0 unspecified atom stereocenters. The lowest BCUT2D eigenvalue weighted by atomic mass is 9.94. The average Bonchev–Trinajstić information content (AvgIpc) is 3.88. The monoisotopic (exact) mass is 742 g/mol. The second-order valence-electron chi connectivity index (χ2n) is 13.4. The normalized spacial score (nSPS) is 17.0. The number of nitrogens with zero attached hydrogens (tertiary/aromatic N) is 2. The zero-order chi connectivity index (χ0) is 36.4. The predicted molar refractivity (Wildman–Crippen MR) is 196 cm³/mol. The summed E-state index contributed by atoms with van der Waals surface area (Å²) in [6.45, 7) is 8.55. The molecule has 0 bridgehead atoms. The maximum Gasteiger partial charge on any atom is 0.490 e. The van der Waals surface area contributed by atoms with Crippen LogP contribution >= 0.6 is 22.7 Å². The highest BCUT2D eigenvalue weighted by Gasteiger charge is 2.43. The summed E-state index contributed by atoms with van der Waals surface area (Å²) in [5, 5.41) is 17.0. The number of benzene rings is 2. The van der Waals surface area contributed by atoms with Crippen molar-refractivity contribution < 1.29 is 32.7 Å². The molecule has 1 aliphatic carbocycles. The molecule has 274 valence electrons. The van der Waals surface area contributed by atoms with E-state index in [1.54, 1.807) is 0 Å². The first-order valence-electron chi connectivity index (χ1n) is 17.3. The van der Waals surface area contributed by atoms with Crippen molar-refractivity contribution in [2.45, 2.75) is 76.2 Å². The van der Waals surface area contributed by atoms with E-state index < -0.39 is 17.7 Å². The zero-order valence-corrected chi connectivity index (χ0v) is 30.3. The largest absolute Gasteiger partial charge is 0.490 e. The number of thiophene rings is 2. The number of carboxylic acid groups (broad SMARTS) is 1. The maximum absolute atomic E-state index is 14.0. The van der Waals surface area contributed by atoms with Crippen molar-refractivity contribution in [3.8, 4) is 0 Å². The van der Waals surface area contributed by atoms with Crippen molar-refractivity contribution in [1.29, 1.82) is 0 Å². The number of aryl methyl sites for hydroxylation is 1. The number of halogens is 3. The minimum atomic E-state index is -5.08. The van der Waals surface area contributed by atoms with E-state index in [1.807, 2.05) is 23.5 Å². The van der Waals surface area contributed by atoms with Crippen LogP contribution in [0.3, 0.4) is 0 Å². The van der Waals surface area contributed by atoms with Crippen LogP contribution in [0.25, 0.3) is 10.1 Å². The first-order valence-corrected chi connectivity index (χ1v) is 19.0. The molecule has 0 radical (unpaired) electrons. The minimum Gasteiger partial charge on any atom is -0.475 e. The molecule has 2 fully saturated rings. The van der Waals surface area contributed by atoms with Crippen LogP contribution in [0, 0.1) is 6.92 Å². The summed E-state index contributed by atoms with van der Waals surface area (Å²) in [7, 11) is 0. The number of alkyl halides is 3. The van der Waals surface area contributed by atoms with E-state index in [0.29, 0.717) is 17.7 Å². The Labute approximate surface area is 304 Å². The standard InChI is InChI=1S/C36H44N4O2S2.C2HF3O2/c1-27-13-14-29-25-33(44-32(29)23-27)34(41)38-36(15-5-6-16-36)35(42)37-30(24-28-9-3-2-4-10-28)11-7-17-39-18-20-40(21-19-39)26-31-12-8-22-43-31;3-2(4,5)1(6)7/h2-4,8-10,12-14,22-23,25,30H,5-7,11,15-21,24,26H2,1H3,(H,37,42)(H,38,41);(H,6,7)/t30-;/m0./s1. The van der Waals surface area contributed by atoms with Gasteiger partial charge in [0, 0.05) is 48.3 Å². The Kier molecular flexibility index (Phi) is 13.3. The van der Waals surface area contributed by atoms with E-state index in [-0.39, 0.29) is 17.9 Å². The Morgan fingerprint density at radius 1 is 0.941 bits per heavy atom. The van der Waals surface area contributed by atoms with Crippen LogP contribution in [0.15, 0.2) is 72.1 Å². The first kappa shape index (κ1) is 38.5. The summed E-state index contributed by atoms with van der Waals surface area (Å²) in [6, 6.07) is 23.0. The van der Waals surface area contributed by atoms with Crippen molar-refractivity contribution in [2.75, 3.05) is 32.7 Å². The van der Waals surface area contributed by atoms with Gasteiger partial charge < -0.3 is 20.6 Å². The quantitative estimate of drug-likeness (QED) is 0.141. The molecule has 2 amide bonds. The third-order valence-corrected chi connectivity index (χ3v) is 11.5. The Morgan fingerprint density at radius 3 is 2.27 bits per heavy atom. The summed E-state index contributed by atoms with van der Waals surface area (Å²) in [5.41, 5.74) is 1.56. The summed E-state index contributed by atoms with van der Waals surface area (Å²) in [5.74, 6) is -2.92.